The number of pyridine rings is 1. The van der Waals surface area contributed by atoms with E-state index >= 15 is 0 Å². The number of aryl methyl sites for hydroxylation is 1. The van der Waals surface area contributed by atoms with Crippen molar-refractivity contribution in [1.29, 1.82) is 0 Å². The Hall–Kier alpha value is -5.74. The first kappa shape index (κ1) is 42.0. The molecule has 0 aliphatic carbocycles. The number of benzene rings is 2. The van der Waals surface area contributed by atoms with Gasteiger partial charge in [0.05, 0.1) is 37.5 Å². The Morgan fingerprint density at radius 3 is 2.18 bits per heavy atom. The lowest BCUT2D eigenvalue weighted by molar-refractivity contribution is -0.136. The number of anilines is 1. The molecular weight excluding hydrogens is 781 g/mol. The van der Waals surface area contributed by atoms with E-state index in [2.05, 4.69) is 32.4 Å². The van der Waals surface area contributed by atoms with Gasteiger partial charge in [0.1, 0.15) is 17.5 Å². The van der Waals surface area contributed by atoms with E-state index in [0.29, 0.717) is 48.2 Å². The van der Waals surface area contributed by atoms with E-state index in [-0.39, 0.29) is 31.0 Å². The molecule has 1 aromatic heterocycles. The van der Waals surface area contributed by atoms with Crippen molar-refractivity contribution in [3.63, 3.8) is 0 Å². The summed E-state index contributed by atoms with van der Waals surface area (Å²) in [6.45, 7) is 6.07. The van der Waals surface area contributed by atoms with E-state index in [1.54, 1.807) is 49.9 Å². The number of methoxy groups -OCH3 is 2. The summed E-state index contributed by atoms with van der Waals surface area (Å²) in [5.41, 5.74) is 5.82. The van der Waals surface area contributed by atoms with E-state index in [0.717, 1.165) is 103 Å². The number of carbonyl (C=O) groups is 5. The lowest BCUT2D eigenvalue weighted by atomic mass is 9.91. The van der Waals surface area contributed by atoms with Crippen molar-refractivity contribution < 1.29 is 33.4 Å². The molecule has 8 rings (SSSR count). The lowest BCUT2D eigenvalue weighted by Crippen LogP contribution is -2.54. The van der Waals surface area contributed by atoms with Gasteiger partial charge < -0.3 is 34.1 Å². The lowest BCUT2D eigenvalue weighted by Gasteiger charge is -2.40. The van der Waals surface area contributed by atoms with Gasteiger partial charge >= 0.3 is 6.03 Å². The molecule has 1 unspecified atom stereocenters. The third-order valence-electron chi connectivity index (χ3n) is 13.5. The second-order valence-corrected chi connectivity index (χ2v) is 17.1. The van der Waals surface area contributed by atoms with Crippen molar-refractivity contribution >= 4 is 35.3 Å². The topological polar surface area (TPSA) is 166 Å². The van der Waals surface area contributed by atoms with Gasteiger partial charge in [0.15, 0.2) is 0 Å². The van der Waals surface area contributed by atoms with Crippen LogP contribution in [0.25, 0.3) is 11.1 Å². The average molecular weight is 837 g/mol. The van der Waals surface area contributed by atoms with Gasteiger partial charge in [-0.2, -0.15) is 0 Å². The molecule has 3 aromatic rings. The summed E-state index contributed by atoms with van der Waals surface area (Å²) in [4.78, 5) is 86.3. The molecule has 5 aliphatic heterocycles. The highest BCUT2D eigenvalue weighted by molar-refractivity contribution is 6.23. The van der Waals surface area contributed by atoms with Crippen molar-refractivity contribution in [2.75, 3.05) is 72.5 Å². The molecule has 2 N–H and O–H groups in total. The predicted molar refractivity (Wildman–Crippen MR) is 228 cm³/mol. The van der Waals surface area contributed by atoms with Crippen molar-refractivity contribution in [2.45, 2.75) is 70.1 Å². The molecule has 0 bridgehead atoms. The van der Waals surface area contributed by atoms with Gasteiger partial charge in [-0.1, -0.05) is 0 Å². The largest absolute Gasteiger partial charge is 0.496 e. The number of hydrogen-bond donors (Lipinski definition) is 2. The zero-order valence-electron chi connectivity index (χ0n) is 35.8. The number of nitrogens with zero attached hydrogens (tertiary/aromatic N) is 6. The highest BCUT2D eigenvalue weighted by Gasteiger charge is 2.45. The molecule has 6 heterocycles. The van der Waals surface area contributed by atoms with Crippen LogP contribution in [0, 0.1) is 5.92 Å². The monoisotopic (exact) mass is 836 g/mol. The third kappa shape index (κ3) is 8.10. The van der Waals surface area contributed by atoms with E-state index in [1.165, 1.54) is 0 Å². The molecule has 0 spiro atoms. The molecule has 0 radical (unpaired) electrons. The molecule has 16 nitrogen and oxygen atoms in total. The second kappa shape index (κ2) is 17.3. The number of carbonyl (C=O) groups excluding carboxylic acids is 5. The summed E-state index contributed by atoms with van der Waals surface area (Å²) in [5, 5.41) is 4.92. The molecule has 16 heteroatoms. The zero-order valence-corrected chi connectivity index (χ0v) is 35.8. The summed E-state index contributed by atoms with van der Waals surface area (Å²) < 4.78 is 13.6. The first-order valence-electron chi connectivity index (χ1n) is 21.4. The first-order valence-corrected chi connectivity index (χ1v) is 21.4. The maximum atomic E-state index is 13.4. The fourth-order valence-electron chi connectivity index (χ4n) is 10.0. The van der Waals surface area contributed by atoms with Crippen LogP contribution in [0.4, 0.5) is 10.5 Å². The number of imide groups is 2. The van der Waals surface area contributed by atoms with Gasteiger partial charge in [-0.15, -0.1) is 0 Å². The van der Waals surface area contributed by atoms with Gasteiger partial charge in [0.25, 0.3) is 17.4 Å². The quantitative estimate of drug-likeness (QED) is 0.289. The molecule has 6 amide bonds. The number of amides is 6. The normalized spacial score (nSPS) is 20.2. The molecule has 3 fully saturated rings. The number of piperidine rings is 3. The summed E-state index contributed by atoms with van der Waals surface area (Å²) >= 11 is 0. The number of nitrogens with one attached hydrogen (secondary N) is 2. The predicted octanol–water partition coefficient (Wildman–Crippen LogP) is 2.98. The zero-order chi connectivity index (χ0) is 43.1. The van der Waals surface area contributed by atoms with E-state index in [1.807, 2.05) is 24.4 Å². The summed E-state index contributed by atoms with van der Waals surface area (Å²) in [6.07, 6.45) is 6.80. The van der Waals surface area contributed by atoms with Crippen LogP contribution in [-0.2, 0) is 36.1 Å². The summed E-state index contributed by atoms with van der Waals surface area (Å²) in [5.74, 6) is 0.0818. The summed E-state index contributed by atoms with van der Waals surface area (Å²) in [7, 11) is 8.93. The summed E-state index contributed by atoms with van der Waals surface area (Å²) in [6, 6.07) is 8.71. The van der Waals surface area contributed by atoms with Crippen LogP contribution in [0.3, 0.4) is 0 Å². The van der Waals surface area contributed by atoms with E-state index < -0.39 is 29.7 Å². The Balaban J connectivity index is 0.854. The highest BCUT2D eigenvalue weighted by atomic mass is 16.5. The van der Waals surface area contributed by atoms with Gasteiger partial charge in [-0.05, 0) is 106 Å². The SMILES string of the molecule is CNC(=O)N1CCc2c(-c3cc(OC)c(CN4CCC(CN(C)C5CCN(c6ccc7c(c6)C(=O)N(C6CCC(=O)NC6=O)C7=O)CC5)CC4)c(OC)c3)cn(C)c(=O)c2C1. The van der Waals surface area contributed by atoms with E-state index in [4.69, 9.17) is 9.47 Å². The molecule has 2 aromatic carbocycles. The van der Waals surface area contributed by atoms with Crippen molar-refractivity contribution in [1.82, 2.24) is 34.8 Å². The number of urea groups is 1. The number of rotatable bonds is 10. The minimum atomic E-state index is -0.976. The fourth-order valence-corrected chi connectivity index (χ4v) is 10.0. The van der Waals surface area contributed by atoms with Crippen LogP contribution in [0.15, 0.2) is 41.3 Å². The third-order valence-corrected chi connectivity index (χ3v) is 13.5. The molecule has 61 heavy (non-hydrogen) atoms. The number of ether oxygens (including phenoxy) is 2. The van der Waals surface area contributed by atoms with Crippen LogP contribution in [0.2, 0.25) is 0 Å². The van der Waals surface area contributed by atoms with Crippen LogP contribution >= 0.6 is 0 Å². The molecular formula is C45H56N8O8. The minimum absolute atomic E-state index is 0.0901. The van der Waals surface area contributed by atoms with Crippen molar-refractivity contribution in [3.05, 3.63) is 74.7 Å². The van der Waals surface area contributed by atoms with Crippen molar-refractivity contribution in [2.24, 2.45) is 13.0 Å². The first-order chi connectivity index (χ1) is 29.4. The number of hydrogen-bond acceptors (Lipinski definition) is 11. The molecule has 5 aliphatic rings. The maximum absolute atomic E-state index is 13.4. The number of likely N-dealkylation sites (tertiary alicyclic amines) is 1. The maximum Gasteiger partial charge on any atom is 0.317 e. The van der Waals surface area contributed by atoms with E-state index in [9.17, 15) is 28.8 Å². The average Bonchev–Trinajstić information content (AvgIpc) is 3.52. The highest BCUT2D eigenvalue weighted by Crippen LogP contribution is 2.39. The fraction of sp³-hybridized carbons (Fsp3) is 0.511. The number of fused-ring (bicyclic) bond motifs is 2. The van der Waals surface area contributed by atoms with Gasteiger partial charge in [-0.3, -0.25) is 39.1 Å². The van der Waals surface area contributed by atoms with Crippen LogP contribution < -0.4 is 30.6 Å². The Bertz CT molecular complexity index is 2290. The number of aromatic nitrogens is 1. The van der Waals surface area contributed by atoms with Crippen LogP contribution in [-0.4, -0.2) is 133 Å². The standard InChI is InChI=1S/C45H56N8O8/c1-46-45(59)52-19-14-31-34(24-49(3)42(56)35(31)26-52)28-20-38(60-4)36(39(21-28)61-5)25-50-15-10-27(11-16-50)23-48(2)29-12-17-51(18-13-29)30-6-7-32-33(22-30)44(58)53(43(32)57)37-8-9-40(54)47-41(37)55/h6-7,20-22,24,27,29,37H,8-19,23,25-26H2,1-5H3,(H,46,59)(H,47,54,55). The van der Waals surface area contributed by atoms with Crippen LogP contribution in [0.5, 0.6) is 11.5 Å². The van der Waals surface area contributed by atoms with Crippen LogP contribution in [0.1, 0.15) is 75.9 Å². The smallest absolute Gasteiger partial charge is 0.317 e. The Labute approximate surface area is 355 Å². The van der Waals surface area contributed by atoms with Gasteiger partial charge in [0.2, 0.25) is 11.8 Å². The Kier molecular flexibility index (Phi) is 11.9. The van der Waals surface area contributed by atoms with Gasteiger partial charge in [-0.25, -0.2) is 4.79 Å². The molecule has 324 valence electrons. The Morgan fingerprint density at radius 1 is 0.836 bits per heavy atom. The second-order valence-electron chi connectivity index (χ2n) is 17.1. The van der Waals surface area contributed by atoms with Gasteiger partial charge in [0, 0.05) is 82.3 Å². The van der Waals surface area contributed by atoms with Crippen molar-refractivity contribution in [3.8, 4) is 22.6 Å². The Morgan fingerprint density at radius 2 is 1.52 bits per heavy atom. The molecule has 0 saturated carbocycles. The molecule has 3 saturated heterocycles. The molecule has 1 atom stereocenters. The minimum Gasteiger partial charge on any atom is -0.496 e.